The maximum atomic E-state index is 14.2. The third kappa shape index (κ3) is 4.33. The van der Waals surface area contributed by atoms with Crippen molar-refractivity contribution in [1.29, 1.82) is 0 Å². The molecule has 0 aliphatic carbocycles. The number of rotatable bonds is 6. The summed E-state index contributed by atoms with van der Waals surface area (Å²) in [6.45, 7) is 1.03. The van der Waals surface area contributed by atoms with Gasteiger partial charge in [-0.3, -0.25) is 9.59 Å². The zero-order valence-corrected chi connectivity index (χ0v) is 17.5. The highest BCUT2D eigenvalue weighted by atomic mass is 19.4. The molecule has 0 radical (unpaired) electrons. The van der Waals surface area contributed by atoms with Crippen LogP contribution < -0.4 is 5.56 Å². The van der Waals surface area contributed by atoms with Gasteiger partial charge in [-0.15, -0.1) is 0 Å². The molecule has 0 amide bonds. The van der Waals surface area contributed by atoms with E-state index in [9.17, 15) is 32.3 Å². The summed E-state index contributed by atoms with van der Waals surface area (Å²) in [6, 6.07) is 10.5. The van der Waals surface area contributed by atoms with E-state index in [2.05, 4.69) is 5.10 Å². The third-order valence-electron chi connectivity index (χ3n) is 5.51. The molecule has 0 saturated heterocycles. The second-order valence-corrected chi connectivity index (χ2v) is 7.74. The lowest BCUT2D eigenvalue weighted by molar-refractivity contribution is -0.138. The number of halogens is 4. The maximum Gasteiger partial charge on any atom is 0.389 e. The van der Waals surface area contributed by atoms with E-state index in [1.54, 1.807) is 31.2 Å². The summed E-state index contributed by atoms with van der Waals surface area (Å²) in [5.41, 5.74) is 1.11. The van der Waals surface area contributed by atoms with Gasteiger partial charge >= 0.3 is 12.1 Å². The van der Waals surface area contributed by atoms with Crippen molar-refractivity contribution < 1.29 is 27.5 Å². The van der Waals surface area contributed by atoms with E-state index in [-0.39, 0.29) is 30.6 Å². The van der Waals surface area contributed by atoms with E-state index in [0.717, 1.165) is 4.68 Å². The highest BCUT2D eigenvalue weighted by Crippen LogP contribution is 2.37. The number of aliphatic carboxylic acids is 1. The Bertz CT molecular complexity index is 1440. The Morgan fingerprint density at radius 1 is 1.09 bits per heavy atom. The largest absolute Gasteiger partial charge is 0.480 e. The average molecular weight is 461 g/mol. The zero-order chi connectivity index (χ0) is 23.9. The van der Waals surface area contributed by atoms with Crippen molar-refractivity contribution in [3.05, 3.63) is 64.3 Å². The van der Waals surface area contributed by atoms with Gasteiger partial charge in [-0.25, -0.2) is 9.07 Å². The van der Waals surface area contributed by atoms with Crippen LogP contribution >= 0.6 is 0 Å². The van der Waals surface area contributed by atoms with Gasteiger partial charge in [0.05, 0.1) is 5.39 Å². The minimum atomic E-state index is -4.36. The molecule has 2 aromatic carbocycles. The Morgan fingerprint density at radius 3 is 2.45 bits per heavy atom. The molecule has 2 heterocycles. The number of nitrogens with zero attached hydrogens (tertiary/aromatic N) is 3. The van der Waals surface area contributed by atoms with Crippen molar-refractivity contribution in [2.24, 2.45) is 0 Å². The molecule has 4 rings (SSSR count). The predicted molar refractivity (Wildman–Crippen MR) is 115 cm³/mol. The molecule has 0 saturated carbocycles. The summed E-state index contributed by atoms with van der Waals surface area (Å²) in [5.74, 6) is -1.64. The molecule has 10 heteroatoms. The van der Waals surface area contributed by atoms with Crippen LogP contribution in [0.4, 0.5) is 17.6 Å². The van der Waals surface area contributed by atoms with Gasteiger partial charge in [0.15, 0.2) is 0 Å². The molecule has 0 fully saturated rings. The third-order valence-corrected chi connectivity index (χ3v) is 5.51. The first-order chi connectivity index (χ1) is 15.6. The highest BCUT2D eigenvalue weighted by Gasteiger charge is 2.27. The smallest absolute Gasteiger partial charge is 0.389 e. The first-order valence-electron chi connectivity index (χ1n) is 10.1. The van der Waals surface area contributed by atoms with Gasteiger partial charge < -0.3 is 9.67 Å². The number of aryl methyl sites for hydroxylation is 1. The normalized spacial score (nSPS) is 12.0. The van der Waals surface area contributed by atoms with Gasteiger partial charge in [0.25, 0.3) is 5.56 Å². The van der Waals surface area contributed by atoms with E-state index in [0.29, 0.717) is 27.5 Å². The summed E-state index contributed by atoms with van der Waals surface area (Å²) in [4.78, 5) is 24.3. The number of carboxylic acids is 1. The molecule has 1 N–H and O–H groups in total. The summed E-state index contributed by atoms with van der Waals surface area (Å²) in [7, 11) is 0. The number of benzene rings is 2. The molecule has 4 aromatic rings. The van der Waals surface area contributed by atoms with Crippen LogP contribution in [0.25, 0.3) is 32.9 Å². The van der Waals surface area contributed by atoms with Crippen LogP contribution in [0.3, 0.4) is 0 Å². The number of hydrogen-bond donors (Lipinski definition) is 1. The van der Waals surface area contributed by atoms with E-state index in [1.807, 2.05) is 0 Å². The van der Waals surface area contributed by atoms with Crippen LogP contribution in [0, 0.1) is 12.7 Å². The lowest BCUT2D eigenvalue weighted by Crippen LogP contribution is -2.25. The minimum Gasteiger partial charge on any atom is -0.480 e. The van der Waals surface area contributed by atoms with E-state index in [4.69, 9.17) is 0 Å². The van der Waals surface area contributed by atoms with Crippen LogP contribution in [0.2, 0.25) is 0 Å². The van der Waals surface area contributed by atoms with Crippen LogP contribution in [-0.2, 0) is 17.9 Å². The maximum absolute atomic E-state index is 14.2. The summed E-state index contributed by atoms with van der Waals surface area (Å²) >= 11 is 0. The van der Waals surface area contributed by atoms with Gasteiger partial charge in [-0.05, 0) is 37.6 Å². The SMILES string of the molecule is Cc1c(-c2nn(CCCC(F)(F)F)c(=O)c3ccccc23)c2cc(F)ccc2n1CC(=O)O. The summed E-state index contributed by atoms with van der Waals surface area (Å²) < 4.78 is 54.6. The van der Waals surface area contributed by atoms with Crippen molar-refractivity contribution in [1.82, 2.24) is 14.3 Å². The molecule has 0 spiro atoms. The van der Waals surface area contributed by atoms with Crippen LogP contribution in [0.5, 0.6) is 0 Å². The molecule has 2 aromatic heterocycles. The van der Waals surface area contributed by atoms with Crippen molar-refractivity contribution in [3.8, 4) is 11.3 Å². The minimum absolute atomic E-state index is 0.253. The number of carbonyl (C=O) groups is 1. The fourth-order valence-electron chi connectivity index (χ4n) is 4.09. The molecule has 0 atom stereocenters. The lowest BCUT2D eigenvalue weighted by Gasteiger charge is -2.13. The predicted octanol–water partition coefficient (Wildman–Crippen LogP) is 4.89. The van der Waals surface area contributed by atoms with Gasteiger partial charge in [0.1, 0.15) is 18.1 Å². The molecule has 0 unspecified atom stereocenters. The standard InChI is InChI=1S/C23H19F4N3O3/c1-13-20(17-11-14(24)7-8-18(17)29(13)12-19(31)32)21-15-5-2-3-6-16(15)22(33)30(28-21)10-4-9-23(25,26)27/h2-3,5-8,11H,4,9-10,12H2,1H3,(H,31,32). The van der Waals surface area contributed by atoms with Gasteiger partial charge in [0.2, 0.25) is 0 Å². The van der Waals surface area contributed by atoms with Gasteiger partial charge in [-0.2, -0.15) is 18.3 Å². The number of carboxylic acid groups (broad SMARTS) is 1. The second-order valence-electron chi connectivity index (χ2n) is 7.74. The molecular weight excluding hydrogens is 442 g/mol. The average Bonchev–Trinajstić information content (AvgIpc) is 2.99. The number of fused-ring (bicyclic) bond motifs is 2. The number of hydrogen-bond acceptors (Lipinski definition) is 3. The molecule has 6 nitrogen and oxygen atoms in total. The van der Waals surface area contributed by atoms with Crippen molar-refractivity contribution in [2.75, 3.05) is 0 Å². The van der Waals surface area contributed by atoms with Crippen LogP contribution in [-0.4, -0.2) is 31.6 Å². The van der Waals surface area contributed by atoms with Crippen molar-refractivity contribution in [3.63, 3.8) is 0 Å². The summed E-state index contributed by atoms with van der Waals surface area (Å²) in [6.07, 6.45) is -5.75. The highest BCUT2D eigenvalue weighted by molar-refractivity contribution is 6.05. The van der Waals surface area contributed by atoms with Crippen molar-refractivity contribution in [2.45, 2.75) is 39.0 Å². The first kappa shape index (κ1) is 22.5. The second kappa shape index (κ2) is 8.34. The van der Waals surface area contributed by atoms with E-state index in [1.165, 1.54) is 22.8 Å². The molecule has 0 aliphatic heterocycles. The Balaban J connectivity index is 1.99. The van der Waals surface area contributed by atoms with Crippen molar-refractivity contribution >= 4 is 27.6 Å². The molecule has 172 valence electrons. The Kier molecular flexibility index (Phi) is 5.69. The van der Waals surface area contributed by atoms with Gasteiger partial charge in [-0.1, -0.05) is 18.2 Å². The van der Waals surface area contributed by atoms with Crippen LogP contribution in [0.15, 0.2) is 47.3 Å². The topological polar surface area (TPSA) is 77.1 Å². The monoisotopic (exact) mass is 461 g/mol. The first-order valence-corrected chi connectivity index (χ1v) is 10.1. The molecule has 0 bridgehead atoms. The summed E-state index contributed by atoms with van der Waals surface area (Å²) in [5, 5.41) is 14.8. The Hall–Kier alpha value is -3.69. The Morgan fingerprint density at radius 2 is 1.79 bits per heavy atom. The zero-order valence-electron chi connectivity index (χ0n) is 17.5. The van der Waals surface area contributed by atoms with E-state index < -0.39 is 29.9 Å². The van der Waals surface area contributed by atoms with E-state index >= 15 is 0 Å². The number of alkyl halides is 3. The quantitative estimate of drug-likeness (QED) is 0.415. The van der Waals surface area contributed by atoms with Gasteiger partial charge in [0, 0.05) is 40.5 Å². The molecule has 33 heavy (non-hydrogen) atoms. The number of aromatic nitrogens is 3. The molecular formula is C23H19F4N3O3. The fourth-order valence-corrected chi connectivity index (χ4v) is 4.09. The molecule has 0 aliphatic rings. The lowest BCUT2D eigenvalue weighted by atomic mass is 10.0. The van der Waals surface area contributed by atoms with Crippen LogP contribution in [0.1, 0.15) is 18.5 Å². The fraction of sp³-hybridized carbons (Fsp3) is 0.261. The Labute approximate surface area is 184 Å².